The fraction of sp³-hybridized carbons (Fsp3) is 0.938. The van der Waals surface area contributed by atoms with Gasteiger partial charge in [0.05, 0.1) is 6.10 Å². The summed E-state index contributed by atoms with van der Waals surface area (Å²) in [5.74, 6) is -0.555. The van der Waals surface area contributed by atoms with E-state index in [2.05, 4.69) is 33.9 Å². The van der Waals surface area contributed by atoms with E-state index in [1.807, 2.05) is 34.6 Å². The Kier molecular flexibility index (Phi) is 6.67. The van der Waals surface area contributed by atoms with Gasteiger partial charge in [0, 0.05) is 0 Å². The maximum Gasteiger partial charge on any atom is 0.337 e. The van der Waals surface area contributed by atoms with Crippen LogP contribution in [-0.4, -0.2) is 37.2 Å². The van der Waals surface area contributed by atoms with Crippen LogP contribution in [-0.2, 0) is 14.0 Å². The van der Waals surface area contributed by atoms with Crippen LogP contribution < -0.4 is 0 Å². The fourth-order valence-corrected chi connectivity index (χ4v) is 2.68. The second-order valence-electron chi connectivity index (χ2n) is 8.57. The number of carbonyl (C=O) groups excluding carboxylic acids is 1. The summed E-state index contributed by atoms with van der Waals surface area (Å²) in [5.41, 5.74) is -0.594. The lowest BCUT2D eigenvalue weighted by atomic mass is 10.0. The number of aliphatic hydroxyl groups excluding tert-OH is 1. The number of carbonyl (C=O) groups is 1. The summed E-state index contributed by atoms with van der Waals surface area (Å²) in [5, 5.41) is 10.3. The van der Waals surface area contributed by atoms with Crippen LogP contribution in [0.4, 0.5) is 0 Å². The molecule has 0 saturated heterocycles. The molecule has 0 spiro atoms. The number of ether oxygens (including phenoxy) is 1. The first kappa shape index (κ1) is 20.6. The molecule has 0 rings (SSSR count). The molecule has 1 N–H and O–H groups in total. The zero-order valence-electron chi connectivity index (χ0n) is 15.4. The first-order chi connectivity index (χ1) is 9.08. The molecule has 0 radical (unpaired) electrons. The van der Waals surface area contributed by atoms with Crippen molar-refractivity contribution < 1.29 is 19.1 Å². The van der Waals surface area contributed by atoms with Crippen molar-refractivity contribution in [2.75, 3.05) is 0 Å². The molecule has 0 saturated carbocycles. The van der Waals surface area contributed by atoms with Crippen molar-refractivity contribution in [3.63, 3.8) is 0 Å². The van der Waals surface area contributed by atoms with Gasteiger partial charge < -0.3 is 14.3 Å². The van der Waals surface area contributed by atoms with Gasteiger partial charge in [0.15, 0.2) is 14.4 Å². The highest BCUT2D eigenvalue weighted by atomic mass is 28.4. The van der Waals surface area contributed by atoms with Crippen molar-refractivity contribution in [2.24, 2.45) is 5.92 Å². The van der Waals surface area contributed by atoms with Crippen LogP contribution in [0.25, 0.3) is 0 Å². The minimum atomic E-state index is -2.18. The third kappa shape index (κ3) is 6.49. The lowest BCUT2D eigenvalue weighted by Crippen LogP contribution is -2.52. The van der Waals surface area contributed by atoms with Crippen molar-refractivity contribution in [1.82, 2.24) is 0 Å². The van der Waals surface area contributed by atoms with Crippen LogP contribution in [0.15, 0.2) is 0 Å². The maximum atomic E-state index is 12.4. The van der Waals surface area contributed by atoms with Crippen LogP contribution in [0.3, 0.4) is 0 Å². The number of hydrogen-bond donors (Lipinski definition) is 1. The van der Waals surface area contributed by atoms with Crippen LogP contribution in [0.1, 0.15) is 55.4 Å². The van der Waals surface area contributed by atoms with Crippen molar-refractivity contribution in [3.8, 4) is 0 Å². The van der Waals surface area contributed by atoms with E-state index in [-0.39, 0.29) is 11.0 Å². The summed E-state index contributed by atoms with van der Waals surface area (Å²) in [4.78, 5) is 12.4. The minimum absolute atomic E-state index is 0.0377. The van der Waals surface area contributed by atoms with Gasteiger partial charge >= 0.3 is 5.97 Å². The van der Waals surface area contributed by atoms with E-state index in [9.17, 15) is 9.90 Å². The highest BCUT2D eigenvalue weighted by Crippen LogP contribution is 2.38. The smallest absolute Gasteiger partial charge is 0.337 e. The topological polar surface area (TPSA) is 55.8 Å². The average Bonchev–Trinajstić information content (AvgIpc) is 2.20. The molecule has 0 bridgehead atoms. The van der Waals surface area contributed by atoms with Gasteiger partial charge in [-0.2, -0.15) is 0 Å². The molecule has 0 aromatic heterocycles. The molecule has 0 aromatic carbocycles. The van der Waals surface area contributed by atoms with Gasteiger partial charge in [-0.3, -0.25) is 0 Å². The Balaban J connectivity index is 5.32. The molecule has 0 aliphatic carbocycles. The van der Waals surface area contributed by atoms with E-state index in [0.29, 0.717) is 0 Å². The summed E-state index contributed by atoms with van der Waals surface area (Å²) < 4.78 is 11.6. The number of rotatable bonds is 5. The molecule has 0 amide bonds. The second-order valence-corrected chi connectivity index (χ2v) is 13.3. The van der Waals surface area contributed by atoms with Crippen LogP contribution >= 0.6 is 0 Å². The van der Waals surface area contributed by atoms with Gasteiger partial charge in [-0.15, -0.1) is 0 Å². The third-order valence-corrected chi connectivity index (χ3v) is 8.32. The van der Waals surface area contributed by atoms with Gasteiger partial charge in [0.25, 0.3) is 0 Å². The zero-order chi connectivity index (χ0) is 17.2. The lowest BCUT2D eigenvalue weighted by molar-refractivity contribution is -0.171. The molecule has 0 aromatic rings. The number of esters is 1. The van der Waals surface area contributed by atoms with E-state index >= 15 is 0 Å². The highest BCUT2D eigenvalue weighted by Gasteiger charge is 2.44. The first-order valence-electron chi connectivity index (χ1n) is 7.67. The molecule has 5 heteroatoms. The SMILES string of the molecule is CC(C)C(O)C(O[Si](C)(C)C(C)(C)C)C(=O)OC(C)(C)C. The van der Waals surface area contributed by atoms with Gasteiger partial charge in [0.1, 0.15) is 5.60 Å². The number of aliphatic hydroxyl groups is 1. The Morgan fingerprint density at radius 2 is 1.48 bits per heavy atom. The van der Waals surface area contributed by atoms with E-state index in [4.69, 9.17) is 9.16 Å². The Hall–Kier alpha value is -0.393. The molecule has 0 aliphatic heterocycles. The van der Waals surface area contributed by atoms with E-state index in [1.54, 1.807) is 0 Å². The average molecular weight is 319 g/mol. The molecular weight excluding hydrogens is 284 g/mol. The largest absolute Gasteiger partial charge is 0.458 e. The minimum Gasteiger partial charge on any atom is -0.458 e. The molecule has 21 heavy (non-hydrogen) atoms. The summed E-state index contributed by atoms with van der Waals surface area (Å²) in [6, 6.07) is 0. The summed E-state index contributed by atoms with van der Waals surface area (Å²) in [6.07, 6.45) is -1.79. The monoisotopic (exact) mass is 318 g/mol. The lowest BCUT2D eigenvalue weighted by Gasteiger charge is -2.40. The Labute approximate surface area is 131 Å². The quantitative estimate of drug-likeness (QED) is 0.620. The molecule has 0 fully saturated rings. The van der Waals surface area contributed by atoms with Crippen LogP contribution in [0.5, 0.6) is 0 Å². The van der Waals surface area contributed by atoms with E-state index < -0.39 is 32.1 Å². The van der Waals surface area contributed by atoms with Crippen molar-refractivity contribution in [2.45, 2.75) is 91.3 Å². The second kappa shape index (κ2) is 6.80. The summed E-state index contributed by atoms with van der Waals surface area (Å²) in [7, 11) is -2.18. The summed E-state index contributed by atoms with van der Waals surface area (Å²) >= 11 is 0. The molecular formula is C16H34O4Si. The Morgan fingerprint density at radius 1 is 1.05 bits per heavy atom. The predicted molar refractivity (Wildman–Crippen MR) is 88.8 cm³/mol. The van der Waals surface area contributed by atoms with Crippen molar-refractivity contribution in [3.05, 3.63) is 0 Å². The van der Waals surface area contributed by atoms with Crippen molar-refractivity contribution in [1.29, 1.82) is 0 Å². The molecule has 2 atom stereocenters. The first-order valence-corrected chi connectivity index (χ1v) is 10.6. The zero-order valence-corrected chi connectivity index (χ0v) is 16.4. The van der Waals surface area contributed by atoms with Gasteiger partial charge in [-0.25, -0.2) is 4.79 Å². The predicted octanol–water partition coefficient (Wildman–Crippen LogP) is 3.74. The molecule has 4 nitrogen and oxygen atoms in total. The normalized spacial score (nSPS) is 16.8. The van der Waals surface area contributed by atoms with Gasteiger partial charge in [0.2, 0.25) is 0 Å². The summed E-state index contributed by atoms with van der Waals surface area (Å²) in [6.45, 7) is 19.6. The fourth-order valence-electron chi connectivity index (χ4n) is 1.46. The molecule has 126 valence electrons. The third-order valence-electron chi connectivity index (χ3n) is 3.86. The highest BCUT2D eigenvalue weighted by molar-refractivity contribution is 6.74. The molecule has 0 aliphatic rings. The van der Waals surface area contributed by atoms with Crippen molar-refractivity contribution >= 4 is 14.3 Å². The molecule has 2 unspecified atom stereocenters. The maximum absolute atomic E-state index is 12.4. The van der Waals surface area contributed by atoms with E-state index in [0.717, 1.165) is 0 Å². The van der Waals surface area contributed by atoms with Gasteiger partial charge in [-0.05, 0) is 44.8 Å². The standard InChI is InChI=1S/C16H34O4Si/c1-11(2)12(17)13(14(18)19-15(3,4)5)20-21(9,10)16(6,7)8/h11-13,17H,1-10H3. The van der Waals surface area contributed by atoms with Crippen LogP contribution in [0, 0.1) is 5.92 Å². The van der Waals surface area contributed by atoms with Crippen LogP contribution in [0.2, 0.25) is 18.1 Å². The van der Waals surface area contributed by atoms with E-state index in [1.165, 1.54) is 0 Å². The number of hydrogen-bond acceptors (Lipinski definition) is 4. The Morgan fingerprint density at radius 3 is 1.76 bits per heavy atom. The molecule has 0 heterocycles. The Bertz CT molecular complexity index is 350. The van der Waals surface area contributed by atoms with Gasteiger partial charge in [-0.1, -0.05) is 34.6 Å².